The van der Waals surface area contributed by atoms with Crippen LogP contribution in [0.25, 0.3) is 0 Å². The van der Waals surface area contributed by atoms with E-state index < -0.39 is 0 Å². The summed E-state index contributed by atoms with van der Waals surface area (Å²) in [5.41, 5.74) is 2.75. The third-order valence-electron chi connectivity index (χ3n) is 3.05. The SMILES string of the molecule is Cc1ccccc1N1C=CC2CC21. The first-order chi connectivity index (χ1) is 6.36. The number of hydrogen-bond acceptors (Lipinski definition) is 1. The number of hydrogen-bond donors (Lipinski definition) is 0. The Labute approximate surface area is 78.7 Å². The Hall–Kier alpha value is -1.24. The van der Waals surface area contributed by atoms with E-state index in [2.05, 4.69) is 48.4 Å². The lowest BCUT2D eigenvalue weighted by Gasteiger charge is -2.19. The number of benzene rings is 1. The molecule has 2 atom stereocenters. The molecule has 1 saturated carbocycles. The van der Waals surface area contributed by atoms with E-state index in [0.29, 0.717) is 0 Å². The van der Waals surface area contributed by atoms with Gasteiger partial charge in [-0.3, -0.25) is 0 Å². The minimum Gasteiger partial charge on any atom is -0.344 e. The van der Waals surface area contributed by atoms with Gasteiger partial charge in [0.15, 0.2) is 0 Å². The van der Waals surface area contributed by atoms with Gasteiger partial charge in [0, 0.05) is 23.8 Å². The van der Waals surface area contributed by atoms with Crippen LogP contribution in [0.15, 0.2) is 36.5 Å². The standard InChI is InChI=1S/C12H13N/c1-9-4-2-3-5-11(9)13-7-6-10-8-12(10)13/h2-7,10,12H,8H2,1H3. The van der Waals surface area contributed by atoms with E-state index in [9.17, 15) is 0 Å². The Morgan fingerprint density at radius 3 is 2.77 bits per heavy atom. The molecule has 0 bridgehead atoms. The molecule has 1 aliphatic heterocycles. The largest absolute Gasteiger partial charge is 0.344 e. The highest BCUT2D eigenvalue weighted by atomic mass is 15.2. The van der Waals surface area contributed by atoms with Gasteiger partial charge < -0.3 is 4.90 Å². The van der Waals surface area contributed by atoms with Gasteiger partial charge in [-0.25, -0.2) is 0 Å². The minimum atomic E-state index is 0.779. The summed E-state index contributed by atoms with van der Waals surface area (Å²) < 4.78 is 0. The Balaban J connectivity index is 2.00. The number of para-hydroxylation sites is 1. The molecule has 1 fully saturated rings. The fraction of sp³-hybridized carbons (Fsp3) is 0.333. The van der Waals surface area contributed by atoms with Crippen LogP contribution in [-0.4, -0.2) is 6.04 Å². The van der Waals surface area contributed by atoms with Gasteiger partial charge in [0.05, 0.1) is 0 Å². The maximum absolute atomic E-state index is 2.42. The van der Waals surface area contributed by atoms with E-state index in [-0.39, 0.29) is 0 Å². The third kappa shape index (κ3) is 0.998. The summed E-state index contributed by atoms with van der Waals surface area (Å²) in [6.07, 6.45) is 5.92. The van der Waals surface area contributed by atoms with Crippen molar-refractivity contribution in [3.63, 3.8) is 0 Å². The normalized spacial score (nSPS) is 29.2. The molecule has 66 valence electrons. The molecule has 1 aromatic carbocycles. The van der Waals surface area contributed by atoms with Gasteiger partial charge in [0.2, 0.25) is 0 Å². The van der Waals surface area contributed by atoms with Crippen molar-refractivity contribution in [3.8, 4) is 0 Å². The highest BCUT2D eigenvalue weighted by Gasteiger charge is 2.43. The van der Waals surface area contributed by atoms with E-state index in [1.165, 1.54) is 17.7 Å². The van der Waals surface area contributed by atoms with Crippen LogP contribution in [0.5, 0.6) is 0 Å². The van der Waals surface area contributed by atoms with E-state index >= 15 is 0 Å². The van der Waals surface area contributed by atoms with Crippen LogP contribution >= 0.6 is 0 Å². The molecule has 2 unspecified atom stereocenters. The number of nitrogens with zero attached hydrogens (tertiary/aromatic N) is 1. The first kappa shape index (κ1) is 7.19. The smallest absolute Gasteiger partial charge is 0.0438 e. The summed E-state index contributed by atoms with van der Waals surface area (Å²) in [5.74, 6) is 0.847. The third-order valence-corrected chi connectivity index (χ3v) is 3.05. The average Bonchev–Trinajstić information content (AvgIpc) is 2.81. The summed E-state index contributed by atoms with van der Waals surface area (Å²) in [4.78, 5) is 2.42. The molecule has 13 heavy (non-hydrogen) atoms. The monoisotopic (exact) mass is 171 g/mol. The molecular weight excluding hydrogens is 158 g/mol. The van der Waals surface area contributed by atoms with Crippen molar-refractivity contribution in [2.75, 3.05) is 4.90 Å². The zero-order valence-electron chi connectivity index (χ0n) is 7.77. The molecule has 0 N–H and O–H groups in total. The summed E-state index contributed by atoms with van der Waals surface area (Å²) in [6.45, 7) is 2.18. The Morgan fingerprint density at radius 1 is 1.31 bits per heavy atom. The number of fused-ring (bicyclic) bond motifs is 1. The lowest BCUT2D eigenvalue weighted by molar-refractivity contribution is 0.956. The predicted molar refractivity (Wildman–Crippen MR) is 54.7 cm³/mol. The van der Waals surface area contributed by atoms with Crippen molar-refractivity contribution in [2.45, 2.75) is 19.4 Å². The topological polar surface area (TPSA) is 3.24 Å². The molecule has 0 aromatic heterocycles. The van der Waals surface area contributed by atoms with Crippen LogP contribution in [0.1, 0.15) is 12.0 Å². The predicted octanol–water partition coefficient (Wildman–Crippen LogP) is 2.72. The van der Waals surface area contributed by atoms with Gasteiger partial charge in [-0.2, -0.15) is 0 Å². The molecule has 0 saturated heterocycles. The molecule has 1 aliphatic carbocycles. The van der Waals surface area contributed by atoms with Crippen molar-refractivity contribution in [2.24, 2.45) is 5.92 Å². The fourth-order valence-electron chi connectivity index (χ4n) is 2.15. The highest BCUT2D eigenvalue weighted by Crippen LogP contribution is 2.44. The van der Waals surface area contributed by atoms with Crippen LogP contribution in [-0.2, 0) is 0 Å². The van der Waals surface area contributed by atoms with E-state index in [1.807, 2.05) is 0 Å². The van der Waals surface area contributed by atoms with Crippen LogP contribution in [0, 0.1) is 12.8 Å². The first-order valence-corrected chi connectivity index (χ1v) is 4.88. The van der Waals surface area contributed by atoms with Crippen LogP contribution < -0.4 is 4.90 Å². The highest BCUT2D eigenvalue weighted by molar-refractivity contribution is 5.59. The van der Waals surface area contributed by atoms with Gasteiger partial charge in [-0.15, -0.1) is 0 Å². The van der Waals surface area contributed by atoms with Crippen molar-refractivity contribution in [3.05, 3.63) is 42.1 Å². The number of rotatable bonds is 1. The molecule has 3 rings (SSSR count). The molecule has 0 amide bonds. The van der Waals surface area contributed by atoms with Crippen LogP contribution in [0.3, 0.4) is 0 Å². The molecule has 0 spiro atoms. The van der Waals surface area contributed by atoms with Crippen LogP contribution in [0.2, 0.25) is 0 Å². The zero-order chi connectivity index (χ0) is 8.84. The van der Waals surface area contributed by atoms with E-state index in [1.54, 1.807) is 0 Å². The van der Waals surface area contributed by atoms with Crippen molar-refractivity contribution < 1.29 is 0 Å². The molecular formula is C12H13N. The van der Waals surface area contributed by atoms with E-state index in [4.69, 9.17) is 0 Å². The molecule has 1 aromatic rings. The second-order valence-corrected chi connectivity index (χ2v) is 4.00. The summed E-state index contributed by atoms with van der Waals surface area (Å²) >= 11 is 0. The van der Waals surface area contributed by atoms with Gasteiger partial charge in [-0.1, -0.05) is 24.3 Å². The lowest BCUT2D eigenvalue weighted by atomic mass is 10.2. The maximum atomic E-state index is 2.42. The van der Waals surface area contributed by atoms with Crippen molar-refractivity contribution in [1.29, 1.82) is 0 Å². The number of anilines is 1. The second kappa shape index (κ2) is 2.38. The zero-order valence-corrected chi connectivity index (χ0v) is 7.77. The molecule has 1 heteroatoms. The lowest BCUT2D eigenvalue weighted by Crippen LogP contribution is -2.17. The Morgan fingerprint density at radius 2 is 2.15 bits per heavy atom. The quantitative estimate of drug-likeness (QED) is 0.628. The van der Waals surface area contributed by atoms with Crippen molar-refractivity contribution in [1.82, 2.24) is 0 Å². The molecule has 2 aliphatic rings. The average molecular weight is 171 g/mol. The maximum Gasteiger partial charge on any atom is 0.0438 e. The molecule has 1 heterocycles. The number of aryl methyl sites for hydroxylation is 1. The van der Waals surface area contributed by atoms with Gasteiger partial charge in [0.1, 0.15) is 0 Å². The van der Waals surface area contributed by atoms with Gasteiger partial charge >= 0.3 is 0 Å². The minimum absolute atomic E-state index is 0.779. The Kier molecular flexibility index (Phi) is 1.32. The second-order valence-electron chi connectivity index (χ2n) is 4.00. The van der Waals surface area contributed by atoms with Gasteiger partial charge in [0.25, 0.3) is 0 Å². The molecule has 0 radical (unpaired) electrons. The van der Waals surface area contributed by atoms with Crippen LogP contribution in [0.4, 0.5) is 5.69 Å². The Bertz CT molecular complexity index is 367. The van der Waals surface area contributed by atoms with E-state index in [0.717, 1.165) is 12.0 Å². The summed E-state index contributed by atoms with van der Waals surface area (Å²) in [6, 6.07) is 9.38. The van der Waals surface area contributed by atoms with Crippen molar-refractivity contribution >= 4 is 5.69 Å². The molecule has 1 nitrogen and oxygen atoms in total. The summed E-state index contributed by atoms with van der Waals surface area (Å²) in [5, 5.41) is 0. The van der Waals surface area contributed by atoms with Gasteiger partial charge in [-0.05, 0) is 25.0 Å². The summed E-state index contributed by atoms with van der Waals surface area (Å²) in [7, 11) is 0. The fourth-order valence-corrected chi connectivity index (χ4v) is 2.15. The first-order valence-electron chi connectivity index (χ1n) is 4.88.